The number of carbonyl (C=O) groups is 2. The molecule has 1 fully saturated rings. The lowest BCUT2D eigenvalue weighted by Crippen LogP contribution is -2.41. The molecule has 1 saturated heterocycles. The van der Waals surface area contributed by atoms with Gasteiger partial charge in [-0.2, -0.15) is 0 Å². The van der Waals surface area contributed by atoms with Crippen molar-refractivity contribution in [2.75, 3.05) is 18.4 Å². The summed E-state index contributed by atoms with van der Waals surface area (Å²) < 4.78 is 4.99. The summed E-state index contributed by atoms with van der Waals surface area (Å²) in [5.74, 6) is 1.76. The van der Waals surface area contributed by atoms with Crippen LogP contribution in [0.4, 0.5) is 5.82 Å². The predicted octanol–water partition coefficient (Wildman–Crippen LogP) is 4.69. The lowest BCUT2D eigenvalue weighted by atomic mass is 9.72. The molecule has 2 aromatic rings. The molecule has 1 N–H and O–H groups in total. The zero-order valence-electron chi connectivity index (χ0n) is 18.3. The molecule has 30 heavy (non-hydrogen) atoms. The maximum absolute atomic E-state index is 13.1. The Bertz CT molecular complexity index is 932. The topological polar surface area (TPSA) is 75.4 Å². The highest BCUT2D eigenvalue weighted by Crippen LogP contribution is 2.40. The van der Waals surface area contributed by atoms with Crippen LogP contribution in [-0.2, 0) is 17.6 Å². The molecule has 2 aliphatic rings. The fourth-order valence-electron chi connectivity index (χ4n) is 4.52. The van der Waals surface area contributed by atoms with Gasteiger partial charge in [0.2, 0.25) is 5.91 Å². The molecule has 0 saturated carbocycles. The van der Waals surface area contributed by atoms with Crippen LogP contribution in [0.3, 0.4) is 0 Å². The lowest BCUT2D eigenvalue weighted by Gasteiger charge is -2.33. The van der Waals surface area contributed by atoms with E-state index in [1.165, 1.54) is 16.9 Å². The average Bonchev–Trinajstić information content (AvgIpc) is 3.32. The van der Waals surface area contributed by atoms with Crippen LogP contribution in [0.1, 0.15) is 65.9 Å². The van der Waals surface area contributed by atoms with E-state index in [4.69, 9.17) is 4.52 Å². The number of aryl methyl sites for hydroxylation is 2. The predicted molar refractivity (Wildman–Crippen MR) is 118 cm³/mol. The third kappa shape index (κ3) is 4.46. The number of fused-ring (bicyclic) bond motifs is 1. The van der Waals surface area contributed by atoms with E-state index in [2.05, 4.69) is 37.3 Å². The molecular weight excluding hydrogens is 398 g/mol. The number of anilines is 1. The van der Waals surface area contributed by atoms with Gasteiger partial charge < -0.3 is 14.7 Å². The Morgan fingerprint density at radius 3 is 2.57 bits per heavy atom. The van der Waals surface area contributed by atoms with Gasteiger partial charge in [-0.05, 0) is 62.0 Å². The minimum absolute atomic E-state index is 0.0461. The minimum Gasteiger partial charge on any atom is -0.360 e. The Morgan fingerprint density at radius 1 is 1.20 bits per heavy atom. The van der Waals surface area contributed by atoms with E-state index in [1.807, 2.05) is 4.90 Å². The normalized spacial score (nSPS) is 20.1. The first-order valence-corrected chi connectivity index (χ1v) is 11.7. The SMILES string of the molecule is Cc1cc(NC(=O)C2CCN(C(=O)c3cc4c(s3)CCC(C(C)(C)C)C4)CC2)no1. The van der Waals surface area contributed by atoms with Gasteiger partial charge in [0, 0.05) is 30.0 Å². The van der Waals surface area contributed by atoms with Crippen molar-refractivity contribution in [3.8, 4) is 0 Å². The van der Waals surface area contributed by atoms with Gasteiger partial charge in [-0.15, -0.1) is 11.3 Å². The third-order valence-electron chi connectivity index (χ3n) is 6.55. The van der Waals surface area contributed by atoms with Crippen LogP contribution in [0.2, 0.25) is 0 Å². The highest BCUT2D eigenvalue weighted by molar-refractivity contribution is 7.14. The monoisotopic (exact) mass is 429 g/mol. The van der Waals surface area contributed by atoms with Crippen LogP contribution < -0.4 is 5.32 Å². The number of aromatic nitrogens is 1. The molecule has 0 spiro atoms. The van der Waals surface area contributed by atoms with Crippen LogP contribution in [0.25, 0.3) is 0 Å². The zero-order chi connectivity index (χ0) is 21.5. The molecule has 1 aliphatic heterocycles. The Labute approximate surface area is 182 Å². The van der Waals surface area contributed by atoms with Crippen LogP contribution >= 0.6 is 11.3 Å². The number of likely N-dealkylation sites (tertiary alicyclic amines) is 1. The number of nitrogens with one attached hydrogen (secondary N) is 1. The molecule has 4 rings (SSSR count). The molecule has 1 atom stereocenters. The number of hydrogen-bond donors (Lipinski definition) is 1. The van der Waals surface area contributed by atoms with Gasteiger partial charge in [0.1, 0.15) is 5.76 Å². The zero-order valence-corrected chi connectivity index (χ0v) is 19.1. The van der Waals surface area contributed by atoms with Crippen molar-refractivity contribution in [3.63, 3.8) is 0 Å². The molecule has 1 unspecified atom stereocenters. The second-order valence-corrected chi connectivity index (χ2v) is 10.9. The van der Waals surface area contributed by atoms with E-state index in [0.717, 1.165) is 17.7 Å². The number of hydrogen-bond acceptors (Lipinski definition) is 5. The van der Waals surface area contributed by atoms with Crippen molar-refractivity contribution in [2.24, 2.45) is 17.3 Å². The maximum Gasteiger partial charge on any atom is 0.263 e. The van der Waals surface area contributed by atoms with Crippen molar-refractivity contribution < 1.29 is 14.1 Å². The summed E-state index contributed by atoms with van der Waals surface area (Å²) in [5, 5.41) is 6.63. The second-order valence-electron chi connectivity index (χ2n) is 9.74. The van der Waals surface area contributed by atoms with Gasteiger partial charge in [-0.1, -0.05) is 25.9 Å². The smallest absolute Gasteiger partial charge is 0.263 e. The summed E-state index contributed by atoms with van der Waals surface area (Å²) in [4.78, 5) is 29.7. The number of thiophene rings is 1. The van der Waals surface area contributed by atoms with Gasteiger partial charge in [0.25, 0.3) is 5.91 Å². The summed E-state index contributed by atoms with van der Waals surface area (Å²) in [6, 6.07) is 3.84. The standard InChI is InChI=1S/C23H31N3O3S/c1-14-11-20(25-29-14)24-21(27)15-7-9-26(10-8-15)22(28)19-13-16-12-17(23(2,3)4)5-6-18(16)30-19/h11,13,15,17H,5-10,12H2,1-4H3,(H,24,25,27). The van der Waals surface area contributed by atoms with E-state index >= 15 is 0 Å². The summed E-state index contributed by atoms with van der Waals surface area (Å²) in [5.41, 5.74) is 1.67. The Hall–Kier alpha value is -2.15. The molecular formula is C23H31N3O3S. The van der Waals surface area contributed by atoms with Gasteiger partial charge in [-0.3, -0.25) is 9.59 Å². The number of piperidine rings is 1. The van der Waals surface area contributed by atoms with E-state index in [9.17, 15) is 9.59 Å². The molecule has 3 heterocycles. The minimum atomic E-state index is -0.102. The van der Waals surface area contributed by atoms with Crippen molar-refractivity contribution in [2.45, 2.75) is 59.8 Å². The number of carbonyl (C=O) groups excluding carboxylic acids is 2. The Kier molecular flexibility index (Phi) is 5.75. The fourth-order valence-corrected chi connectivity index (χ4v) is 5.70. The molecule has 1 aliphatic carbocycles. The maximum atomic E-state index is 13.1. The van der Waals surface area contributed by atoms with E-state index in [-0.39, 0.29) is 17.7 Å². The highest BCUT2D eigenvalue weighted by atomic mass is 32.1. The molecule has 7 heteroatoms. The van der Waals surface area contributed by atoms with Crippen LogP contribution in [0.5, 0.6) is 0 Å². The van der Waals surface area contributed by atoms with Crippen molar-refractivity contribution in [3.05, 3.63) is 33.2 Å². The summed E-state index contributed by atoms with van der Waals surface area (Å²) in [7, 11) is 0. The van der Waals surface area contributed by atoms with Crippen molar-refractivity contribution in [1.29, 1.82) is 0 Å². The lowest BCUT2D eigenvalue weighted by molar-refractivity contribution is -0.121. The molecule has 6 nitrogen and oxygen atoms in total. The first-order chi connectivity index (χ1) is 14.2. The summed E-state index contributed by atoms with van der Waals surface area (Å²) in [6.07, 6.45) is 4.71. The summed E-state index contributed by atoms with van der Waals surface area (Å²) >= 11 is 1.67. The molecule has 2 aromatic heterocycles. The van der Waals surface area contributed by atoms with Crippen molar-refractivity contribution in [1.82, 2.24) is 10.1 Å². The summed E-state index contributed by atoms with van der Waals surface area (Å²) in [6.45, 7) is 9.95. The van der Waals surface area contributed by atoms with Gasteiger partial charge >= 0.3 is 0 Å². The van der Waals surface area contributed by atoms with Gasteiger partial charge in [0.15, 0.2) is 5.82 Å². The van der Waals surface area contributed by atoms with Crippen LogP contribution in [-0.4, -0.2) is 35.0 Å². The number of nitrogens with zero attached hydrogens (tertiary/aromatic N) is 2. The number of amides is 2. The van der Waals surface area contributed by atoms with E-state index in [0.29, 0.717) is 48.8 Å². The van der Waals surface area contributed by atoms with Crippen LogP contribution in [0, 0.1) is 24.2 Å². The van der Waals surface area contributed by atoms with Gasteiger partial charge in [0.05, 0.1) is 4.88 Å². The van der Waals surface area contributed by atoms with E-state index in [1.54, 1.807) is 24.3 Å². The average molecular weight is 430 g/mol. The van der Waals surface area contributed by atoms with Crippen molar-refractivity contribution >= 4 is 29.0 Å². The second kappa shape index (κ2) is 8.17. The third-order valence-corrected chi connectivity index (χ3v) is 7.78. The Balaban J connectivity index is 1.34. The highest BCUT2D eigenvalue weighted by Gasteiger charge is 2.32. The largest absolute Gasteiger partial charge is 0.360 e. The fraction of sp³-hybridized carbons (Fsp3) is 0.609. The van der Waals surface area contributed by atoms with E-state index < -0.39 is 0 Å². The number of rotatable bonds is 3. The molecule has 0 bridgehead atoms. The van der Waals surface area contributed by atoms with Crippen LogP contribution in [0.15, 0.2) is 16.7 Å². The molecule has 2 amide bonds. The van der Waals surface area contributed by atoms with Gasteiger partial charge in [-0.25, -0.2) is 0 Å². The Morgan fingerprint density at radius 2 is 1.93 bits per heavy atom. The molecule has 0 radical (unpaired) electrons. The molecule has 162 valence electrons. The quantitative estimate of drug-likeness (QED) is 0.768. The molecule has 0 aromatic carbocycles. The first kappa shape index (κ1) is 21.1. The first-order valence-electron chi connectivity index (χ1n) is 10.9.